The Morgan fingerprint density at radius 2 is 1.91 bits per heavy atom. The van der Waals surface area contributed by atoms with Gasteiger partial charge in [0.05, 0.1) is 4.91 Å². The zero-order valence-corrected chi connectivity index (χ0v) is 10.1. The van der Waals surface area contributed by atoms with Crippen molar-refractivity contribution in [1.29, 1.82) is 0 Å². The molecule has 0 atom stereocenters. The molecule has 0 unspecified atom stereocenters. The monoisotopic (exact) mass is 201 g/mol. The fourth-order valence-corrected chi connectivity index (χ4v) is 1.45. The summed E-state index contributed by atoms with van der Waals surface area (Å²) in [5.41, 5.74) is 4.86. The van der Waals surface area contributed by atoms with Crippen LogP contribution in [0.2, 0.25) is 0 Å². The van der Waals surface area contributed by atoms with Gasteiger partial charge in [0.15, 0.2) is 0 Å². The van der Waals surface area contributed by atoms with E-state index in [-0.39, 0.29) is 62.0 Å². The average molecular weight is 201 g/mol. The molecule has 0 saturated carbocycles. The van der Waals surface area contributed by atoms with Gasteiger partial charge in [-0.1, -0.05) is 0 Å². The fraction of sp³-hybridized carbons (Fsp3) is 0.250. The molecule has 1 aliphatic heterocycles. The van der Waals surface area contributed by atoms with Gasteiger partial charge in [0.25, 0.3) is 15.9 Å². The second-order valence-corrected chi connectivity index (χ2v) is 3.73. The summed E-state index contributed by atoms with van der Waals surface area (Å²) in [5, 5.41) is 0. The van der Waals surface area contributed by atoms with Gasteiger partial charge >= 0.3 is 51.4 Å². The molecular weight excluding hydrogens is 195 g/mol. The molecule has 0 aromatic carbocycles. The van der Waals surface area contributed by atoms with Crippen molar-refractivity contribution in [3.63, 3.8) is 0 Å². The number of carbonyl (C=O) groups is 1. The molecule has 1 heterocycles. The Morgan fingerprint density at radius 3 is 2.00 bits per heavy atom. The number of nitrogens with two attached hydrogens (primary N) is 1. The molecule has 0 bridgehead atoms. The van der Waals surface area contributed by atoms with Gasteiger partial charge in [-0.2, -0.15) is 0 Å². The molecule has 0 radical (unpaired) electrons. The summed E-state index contributed by atoms with van der Waals surface area (Å²) in [6.07, 6.45) is 0. The van der Waals surface area contributed by atoms with Gasteiger partial charge in [-0.15, -0.1) is 0 Å². The van der Waals surface area contributed by atoms with E-state index in [4.69, 9.17) is 5.73 Å². The zero-order valence-electron chi connectivity index (χ0n) is 6.21. The summed E-state index contributed by atoms with van der Waals surface area (Å²) in [7, 11) is -3.57. The number of allylic oxidation sites excluding steroid dienone is 1. The molecule has 7 heteroatoms. The SMILES string of the molecule is CC1=C(N)C(=O)NS1(=O)=O.[K+]. The first-order valence-electron chi connectivity index (χ1n) is 2.48. The summed E-state index contributed by atoms with van der Waals surface area (Å²) in [4.78, 5) is 10.4. The van der Waals surface area contributed by atoms with Gasteiger partial charge < -0.3 is 5.73 Å². The van der Waals surface area contributed by atoms with Gasteiger partial charge in [0.1, 0.15) is 5.70 Å². The summed E-state index contributed by atoms with van der Waals surface area (Å²) >= 11 is 0. The molecule has 56 valence electrons. The molecule has 11 heavy (non-hydrogen) atoms. The molecule has 0 fully saturated rings. The molecule has 1 aliphatic rings. The van der Waals surface area contributed by atoms with E-state index in [1.54, 1.807) is 4.72 Å². The first kappa shape index (κ1) is 11.6. The van der Waals surface area contributed by atoms with Crippen molar-refractivity contribution in [2.45, 2.75) is 6.92 Å². The predicted octanol–water partition coefficient (Wildman–Crippen LogP) is -4.36. The van der Waals surface area contributed by atoms with E-state index in [2.05, 4.69) is 0 Å². The standard InChI is InChI=1S/C4H6N2O3S.K/c1-2-3(5)4(7)6-10(2,8)9;/h5H2,1H3,(H,6,7);/q;+1. The number of sulfonamides is 1. The van der Waals surface area contributed by atoms with Crippen LogP contribution in [-0.4, -0.2) is 14.3 Å². The number of hydrogen-bond acceptors (Lipinski definition) is 4. The molecule has 0 saturated heterocycles. The van der Waals surface area contributed by atoms with Crippen LogP contribution in [0.1, 0.15) is 6.92 Å². The number of amides is 1. The van der Waals surface area contributed by atoms with Crippen molar-refractivity contribution in [2.75, 3.05) is 0 Å². The topological polar surface area (TPSA) is 89.3 Å². The third-order valence-corrected chi connectivity index (χ3v) is 2.73. The van der Waals surface area contributed by atoms with E-state index in [9.17, 15) is 13.2 Å². The Labute approximate surface area is 107 Å². The number of hydrogen-bond donors (Lipinski definition) is 2. The Balaban J connectivity index is 0.000001000. The van der Waals surface area contributed by atoms with Crippen molar-refractivity contribution >= 4 is 15.9 Å². The van der Waals surface area contributed by atoms with Crippen LogP contribution < -0.4 is 61.8 Å². The van der Waals surface area contributed by atoms with Crippen molar-refractivity contribution in [2.24, 2.45) is 5.73 Å². The van der Waals surface area contributed by atoms with Gasteiger partial charge in [-0.05, 0) is 6.92 Å². The normalized spacial score (nSPS) is 21.0. The maximum absolute atomic E-state index is 10.7. The van der Waals surface area contributed by atoms with Gasteiger partial charge in [0.2, 0.25) is 0 Å². The van der Waals surface area contributed by atoms with Crippen LogP contribution in [0.4, 0.5) is 0 Å². The average Bonchev–Trinajstić information content (AvgIpc) is 1.95. The molecule has 3 N–H and O–H groups in total. The van der Waals surface area contributed by atoms with E-state index in [1.807, 2.05) is 0 Å². The fourth-order valence-electron chi connectivity index (χ4n) is 0.558. The van der Waals surface area contributed by atoms with Gasteiger partial charge in [0, 0.05) is 0 Å². The second-order valence-electron chi connectivity index (χ2n) is 1.90. The largest absolute Gasteiger partial charge is 1.00 e. The Kier molecular flexibility index (Phi) is 3.73. The number of rotatable bonds is 0. The van der Waals surface area contributed by atoms with Crippen LogP contribution in [0, 0.1) is 0 Å². The first-order chi connectivity index (χ1) is 4.45. The molecular formula is C4H6KN2O3S+. The van der Waals surface area contributed by atoms with Crippen molar-refractivity contribution < 1.29 is 64.6 Å². The van der Waals surface area contributed by atoms with Crippen LogP contribution in [0.15, 0.2) is 10.6 Å². The van der Waals surface area contributed by atoms with Crippen molar-refractivity contribution in [3.8, 4) is 0 Å². The molecule has 1 rings (SSSR count). The molecule has 0 spiro atoms. The molecule has 1 amide bonds. The molecule has 0 aromatic rings. The van der Waals surface area contributed by atoms with Crippen LogP contribution in [0.3, 0.4) is 0 Å². The molecule has 5 nitrogen and oxygen atoms in total. The minimum atomic E-state index is -3.57. The van der Waals surface area contributed by atoms with E-state index in [0.29, 0.717) is 0 Å². The summed E-state index contributed by atoms with van der Waals surface area (Å²) in [6.45, 7) is 1.28. The summed E-state index contributed by atoms with van der Waals surface area (Å²) in [5.74, 6) is -0.738. The quantitative estimate of drug-likeness (QED) is 0.388. The van der Waals surface area contributed by atoms with Gasteiger partial charge in [-0.3, -0.25) is 4.79 Å². The number of carbonyl (C=O) groups excluding carboxylic acids is 1. The smallest absolute Gasteiger partial charge is 0.393 e. The van der Waals surface area contributed by atoms with E-state index >= 15 is 0 Å². The van der Waals surface area contributed by atoms with E-state index in [1.165, 1.54) is 6.92 Å². The first-order valence-corrected chi connectivity index (χ1v) is 3.97. The summed E-state index contributed by atoms with van der Waals surface area (Å²) in [6, 6.07) is 0. The third kappa shape index (κ3) is 2.04. The van der Waals surface area contributed by atoms with E-state index < -0.39 is 15.9 Å². The molecule has 0 aromatic heterocycles. The minimum Gasteiger partial charge on any atom is -0.393 e. The van der Waals surface area contributed by atoms with Crippen LogP contribution >= 0.6 is 0 Å². The third-order valence-electron chi connectivity index (χ3n) is 1.25. The number of nitrogens with one attached hydrogen (secondary N) is 1. The van der Waals surface area contributed by atoms with Gasteiger partial charge in [-0.25, -0.2) is 13.1 Å². The Bertz CT molecular complexity index is 318. The van der Waals surface area contributed by atoms with Crippen LogP contribution in [-0.2, 0) is 14.8 Å². The van der Waals surface area contributed by atoms with Crippen LogP contribution in [0.25, 0.3) is 0 Å². The maximum atomic E-state index is 10.7. The Morgan fingerprint density at radius 1 is 1.45 bits per heavy atom. The minimum absolute atomic E-state index is 0. The van der Waals surface area contributed by atoms with Crippen molar-refractivity contribution in [3.05, 3.63) is 10.6 Å². The maximum Gasteiger partial charge on any atom is 1.00 e. The zero-order chi connectivity index (χ0) is 7.94. The van der Waals surface area contributed by atoms with Crippen LogP contribution in [0.5, 0.6) is 0 Å². The summed E-state index contributed by atoms with van der Waals surface area (Å²) < 4.78 is 23.2. The van der Waals surface area contributed by atoms with E-state index in [0.717, 1.165) is 0 Å². The Hall–Kier alpha value is 0.596. The second kappa shape index (κ2) is 3.54. The predicted molar refractivity (Wildman–Crippen MR) is 33.9 cm³/mol. The van der Waals surface area contributed by atoms with Crippen molar-refractivity contribution in [1.82, 2.24) is 4.72 Å². The molecule has 0 aliphatic carbocycles.